The van der Waals surface area contributed by atoms with Gasteiger partial charge < -0.3 is 14.9 Å². The van der Waals surface area contributed by atoms with Crippen LogP contribution in [-0.2, 0) is 31.4 Å². The van der Waals surface area contributed by atoms with E-state index in [-0.39, 0.29) is 35.9 Å². The molecule has 9 atom stereocenters. The predicted molar refractivity (Wildman–Crippen MR) is 186 cm³/mol. The third kappa shape index (κ3) is 4.99. The number of rotatable bonds is 8. The third-order valence-corrected chi connectivity index (χ3v) is 14.6. The Labute approximate surface area is 296 Å². The van der Waals surface area contributed by atoms with Crippen LogP contribution in [0.2, 0.25) is 0 Å². The van der Waals surface area contributed by atoms with Crippen LogP contribution in [-0.4, -0.2) is 70.3 Å². The molecule has 0 radical (unpaired) electrons. The summed E-state index contributed by atoms with van der Waals surface area (Å²) in [5.74, 6) is -1.36. The van der Waals surface area contributed by atoms with Crippen molar-refractivity contribution >= 4 is 29.3 Å². The molecule has 2 aromatic rings. The summed E-state index contributed by atoms with van der Waals surface area (Å²) in [4.78, 5) is 42.0. The number of likely N-dealkylation sites (tertiary alicyclic amines) is 1. The summed E-state index contributed by atoms with van der Waals surface area (Å²) in [5, 5.41) is 21.5. The van der Waals surface area contributed by atoms with Crippen molar-refractivity contribution in [1.82, 2.24) is 4.90 Å². The van der Waals surface area contributed by atoms with Gasteiger partial charge in [0.2, 0.25) is 0 Å². The number of halogens is 2. The number of carbonyl (C=O) groups is 3. The van der Waals surface area contributed by atoms with Crippen molar-refractivity contribution in [3.63, 3.8) is 0 Å². The van der Waals surface area contributed by atoms with Crippen LogP contribution in [0.1, 0.15) is 58.1 Å². The molecule has 1 aliphatic heterocycles. The van der Waals surface area contributed by atoms with Gasteiger partial charge in [0, 0.05) is 48.5 Å². The first-order chi connectivity index (χ1) is 23.6. The second-order valence-electron chi connectivity index (χ2n) is 15.9. The number of ketones is 2. The highest BCUT2D eigenvalue weighted by molar-refractivity contribution is 7.98. The van der Waals surface area contributed by atoms with Crippen LogP contribution >= 0.6 is 11.8 Å². The fourth-order valence-electron chi connectivity index (χ4n) is 11.0. The predicted octanol–water partition coefficient (Wildman–Crippen LogP) is 6.55. The average Bonchev–Trinajstić information content (AvgIpc) is 3.52. The summed E-state index contributed by atoms with van der Waals surface area (Å²) in [6.45, 7) is 7.84. The lowest BCUT2D eigenvalue weighted by Gasteiger charge is -2.67. The molecular formula is C40H45F2NO6S. The maximum atomic E-state index is 18.0. The number of ether oxygens (including phenoxy) is 1. The van der Waals surface area contributed by atoms with E-state index in [0.717, 1.165) is 21.8 Å². The van der Waals surface area contributed by atoms with E-state index in [1.165, 1.54) is 25.2 Å². The van der Waals surface area contributed by atoms with Crippen LogP contribution < -0.4 is 0 Å². The van der Waals surface area contributed by atoms with Crippen molar-refractivity contribution in [2.75, 3.05) is 19.7 Å². The van der Waals surface area contributed by atoms with Crippen LogP contribution in [0.5, 0.6) is 5.75 Å². The fraction of sp³-hybridized carbons (Fsp3) is 0.525. The molecule has 0 spiro atoms. The maximum Gasteiger partial charge on any atom is 0.303 e. The van der Waals surface area contributed by atoms with Gasteiger partial charge in [-0.1, -0.05) is 44.2 Å². The minimum Gasteiger partial charge on any atom is -0.508 e. The molecule has 4 fully saturated rings. The number of aliphatic hydroxyl groups excluding tert-OH is 1. The molecule has 4 aliphatic carbocycles. The third-order valence-electron chi connectivity index (χ3n) is 13.6. The smallest absolute Gasteiger partial charge is 0.303 e. The van der Waals surface area contributed by atoms with E-state index in [4.69, 9.17) is 4.74 Å². The average molecular weight is 706 g/mol. The standard InChI is InChI=1S/C40H45F2NO6S/c1-24(44)49-21-35(48)39-23-43(19-25-5-7-26(8-6-25)22-50-30-11-9-28(45)10-12-30)20-27(39)17-37(3)33-16-32(41)31-15-29(46)13-14-36(31,2)40(33,42)34(47)18-38(37,39)4/h5-15,27,32-34,45,47H,16-23H2,1-4H3. The lowest BCUT2D eigenvalue weighted by atomic mass is 9.38. The number of hydrogen-bond acceptors (Lipinski definition) is 8. The highest BCUT2D eigenvalue weighted by atomic mass is 32.2. The van der Waals surface area contributed by atoms with Gasteiger partial charge in [-0.2, -0.15) is 0 Å². The van der Waals surface area contributed by atoms with Gasteiger partial charge in [0.15, 0.2) is 23.8 Å². The monoisotopic (exact) mass is 705 g/mol. The van der Waals surface area contributed by atoms with E-state index in [1.807, 2.05) is 26.0 Å². The van der Waals surface area contributed by atoms with E-state index in [2.05, 4.69) is 29.2 Å². The summed E-state index contributed by atoms with van der Waals surface area (Å²) in [7, 11) is 0. The second-order valence-corrected chi connectivity index (χ2v) is 16.9. The second kappa shape index (κ2) is 12.1. The Morgan fingerprint density at radius 3 is 2.40 bits per heavy atom. The van der Waals surface area contributed by atoms with Crippen molar-refractivity contribution in [3.8, 4) is 5.75 Å². The molecule has 0 bridgehead atoms. The molecule has 7 nitrogen and oxygen atoms in total. The Balaban J connectivity index is 1.18. The highest BCUT2D eigenvalue weighted by Gasteiger charge is 2.82. The van der Waals surface area contributed by atoms with E-state index < -0.39 is 63.9 Å². The highest BCUT2D eigenvalue weighted by Crippen LogP contribution is 2.79. The summed E-state index contributed by atoms with van der Waals surface area (Å²) in [6.07, 6.45) is 1.05. The Hall–Kier alpha value is -3.34. The summed E-state index contributed by atoms with van der Waals surface area (Å²) in [5.41, 5.74) is -4.37. The molecule has 0 aromatic heterocycles. The number of carbonyl (C=O) groups excluding carboxylic acids is 3. The number of allylic oxidation sites excluding steroid dienone is 4. The number of aliphatic hydroxyl groups is 1. The lowest BCUT2D eigenvalue weighted by molar-refractivity contribution is -0.242. The lowest BCUT2D eigenvalue weighted by Crippen LogP contribution is -2.72. The number of esters is 1. The molecule has 50 heavy (non-hydrogen) atoms. The number of phenols is 1. The molecule has 7 rings (SSSR count). The summed E-state index contributed by atoms with van der Waals surface area (Å²) in [6, 6.07) is 15.5. The summed E-state index contributed by atoms with van der Waals surface area (Å²) < 4.78 is 39.5. The topological polar surface area (TPSA) is 104 Å². The Bertz CT molecular complexity index is 1780. The van der Waals surface area contributed by atoms with E-state index in [1.54, 1.807) is 30.8 Å². The number of aromatic hydroxyl groups is 1. The normalized spacial score (nSPS) is 38.9. The number of thioether (sulfide) groups is 1. The number of fused-ring (bicyclic) bond motifs is 7. The Kier molecular flexibility index (Phi) is 8.51. The van der Waals surface area contributed by atoms with Crippen molar-refractivity contribution < 1.29 is 38.1 Å². The van der Waals surface area contributed by atoms with Crippen LogP contribution in [0.15, 0.2) is 77.2 Å². The van der Waals surface area contributed by atoms with Gasteiger partial charge in [0.25, 0.3) is 0 Å². The molecule has 2 N–H and O–H groups in total. The van der Waals surface area contributed by atoms with E-state index in [9.17, 15) is 24.6 Å². The molecule has 3 saturated carbocycles. The largest absolute Gasteiger partial charge is 0.508 e. The number of nitrogens with zero attached hydrogens (tertiary/aromatic N) is 1. The zero-order valence-corrected chi connectivity index (χ0v) is 29.8. The van der Waals surface area contributed by atoms with Gasteiger partial charge in [0.1, 0.15) is 11.9 Å². The number of benzene rings is 2. The minimum absolute atomic E-state index is 0.0261. The first-order valence-corrected chi connectivity index (χ1v) is 18.4. The van der Waals surface area contributed by atoms with Crippen molar-refractivity contribution in [1.29, 1.82) is 0 Å². The van der Waals surface area contributed by atoms with Gasteiger partial charge in [-0.05, 0) is 96.1 Å². The molecule has 9 unspecified atom stereocenters. The zero-order valence-electron chi connectivity index (χ0n) is 29.0. The van der Waals surface area contributed by atoms with Crippen molar-refractivity contribution in [2.24, 2.45) is 33.5 Å². The van der Waals surface area contributed by atoms with Gasteiger partial charge >= 0.3 is 5.97 Å². The quantitative estimate of drug-likeness (QED) is 0.236. The van der Waals surface area contributed by atoms with Crippen molar-refractivity contribution in [3.05, 3.63) is 83.5 Å². The van der Waals surface area contributed by atoms with Crippen molar-refractivity contribution in [2.45, 2.75) is 82.1 Å². The van der Waals surface area contributed by atoms with E-state index in [0.29, 0.717) is 26.1 Å². The molecule has 266 valence electrons. The SMILES string of the molecule is CC(=O)OCC(=O)C12CN(Cc3ccc(CSc4ccc(O)cc4)cc3)CC1CC1(C)C3CC(F)C4=CC(=O)C=CC4(C)C3(F)C(O)CC12C. The molecule has 2 aromatic carbocycles. The zero-order chi connectivity index (χ0) is 35.9. The molecular weight excluding hydrogens is 661 g/mol. The first-order valence-electron chi connectivity index (χ1n) is 17.4. The fourth-order valence-corrected chi connectivity index (χ4v) is 11.8. The first kappa shape index (κ1) is 35.1. The van der Waals surface area contributed by atoms with Gasteiger partial charge in [-0.25, -0.2) is 8.78 Å². The van der Waals surface area contributed by atoms with Gasteiger partial charge in [-0.3, -0.25) is 19.3 Å². The van der Waals surface area contributed by atoms with Crippen LogP contribution in [0.4, 0.5) is 8.78 Å². The molecule has 0 amide bonds. The molecule has 5 aliphatic rings. The molecule has 10 heteroatoms. The van der Waals surface area contributed by atoms with Crippen LogP contribution in [0.25, 0.3) is 0 Å². The number of phenolic OH excluding ortho intramolecular Hbond substituents is 1. The maximum absolute atomic E-state index is 18.0. The molecule has 1 heterocycles. The Morgan fingerprint density at radius 1 is 1.04 bits per heavy atom. The molecule has 1 saturated heterocycles. The summed E-state index contributed by atoms with van der Waals surface area (Å²) >= 11 is 1.68. The van der Waals surface area contributed by atoms with Crippen LogP contribution in [0, 0.1) is 33.5 Å². The number of alkyl halides is 2. The van der Waals surface area contributed by atoms with Crippen LogP contribution in [0.3, 0.4) is 0 Å². The van der Waals surface area contributed by atoms with Gasteiger partial charge in [0.05, 0.1) is 11.5 Å². The van der Waals surface area contributed by atoms with Gasteiger partial charge in [-0.15, -0.1) is 11.8 Å². The Morgan fingerprint density at radius 2 is 1.72 bits per heavy atom. The van der Waals surface area contributed by atoms with E-state index >= 15 is 8.78 Å². The number of Topliss-reactive ketones (excluding diaryl/α,β-unsaturated/α-hetero) is 1. The number of hydrogen-bond donors (Lipinski definition) is 2. The minimum atomic E-state index is -2.26.